The summed E-state index contributed by atoms with van der Waals surface area (Å²) < 4.78 is 34.6. The topological polar surface area (TPSA) is 89.3 Å². The van der Waals surface area contributed by atoms with Crippen LogP contribution in [0.1, 0.15) is 83.8 Å². The molecule has 3 aliphatic rings. The minimum atomic E-state index is -2.25. The van der Waals surface area contributed by atoms with Crippen LogP contribution in [-0.4, -0.2) is 82.5 Å². The standard InChI is InChI=1S/C53H65N5O4S2/c1-52(2)44-25-12-13-26-45(44)57(36-14-15-38-61-64(59)60)47(52)31-28-40-20-16-21-41(50(40)62-42-22-8-7-9-23-42)29-32-48-53(3,4)49-43-24-11-10-19-39(43)27-30-46(49)58(48)37-18-34-55-51(63)54-33-17-35-56(5)6/h7-13,19,22-32H,14-18,20-21,33-38H2,1-6H3,(H2-,54,55,59,60,63)/p+1. The predicted octanol–water partition coefficient (Wildman–Crippen LogP) is 10.6. The van der Waals surface area contributed by atoms with Gasteiger partial charge in [0.2, 0.25) is 5.69 Å². The van der Waals surface area contributed by atoms with E-state index >= 15 is 0 Å². The van der Waals surface area contributed by atoms with Crippen LogP contribution in [0.25, 0.3) is 10.8 Å². The highest BCUT2D eigenvalue weighted by molar-refractivity contribution is 7.80. The van der Waals surface area contributed by atoms with Crippen molar-refractivity contribution in [3.05, 3.63) is 149 Å². The maximum Gasteiger partial charge on any atom is 0.301 e. The largest absolute Gasteiger partial charge is 0.457 e. The highest BCUT2D eigenvalue weighted by Crippen LogP contribution is 2.48. The van der Waals surface area contributed by atoms with E-state index in [1.807, 2.05) is 30.3 Å². The van der Waals surface area contributed by atoms with E-state index in [1.165, 1.54) is 55.8 Å². The minimum Gasteiger partial charge on any atom is -0.457 e. The van der Waals surface area contributed by atoms with Crippen LogP contribution in [0.3, 0.4) is 0 Å². The van der Waals surface area contributed by atoms with Crippen LogP contribution in [0.15, 0.2) is 138 Å². The Morgan fingerprint density at radius 1 is 0.859 bits per heavy atom. The summed E-state index contributed by atoms with van der Waals surface area (Å²) >= 11 is 3.39. The lowest BCUT2D eigenvalue weighted by Gasteiger charge is -2.27. The van der Waals surface area contributed by atoms with Crippen LogP contribution in [0, 0.1) is 0 Å². The molecule has 3 N–H and O–H groups in total. The number of thiocarbonyl (C=S) groups is 1. The van der Waals surface area contributed by atoms with E-state index in [1.54, 1.807) is 0 Å². The first kappa shape index (κ1) is 47.1. The van der Waals surface area contributed by atoms with E-state index in [2.05, 4.69) is 152 Å². The van der Waals surface area contributed by atoms with Gasteiger partial charge in [0, 0.05) is 60.6 Å². The molecule has 64 heavy (non-hydrogen) atoms. The number of fused-ring (bicyclic) bond motifs is 4. The molecule has 2 aliphatic heterocycles. The molecule has 0 aromatic heterocycles. The Hall–Kier alpha value is -4.91. The number of rotatable bonds is 19. The zero-order valence-corrected chi connectivity index (χ0v) is 40.1. The molecule has 0 amide bonds. The molecule has 0 saturated carbocycles. The molecule has 7 rings (SSSR count). The fourth-order valence-electron chi connectivity index (χ4n) is 9.58. The summed E-state index contributed by atoms with van der Waals surface area (Å²) in [5.74, 6) is 1.73. The lowest BCUT2D eigenvalue weighted by atomic mass is 9.78. The number of hydrogen-bond donors (Lipinski definition) is 3. The molecule has 0 fully saturated rings. The maximum absolute atomic E-state index is 11.1. The van der Waals surface area contributed by atoms with Crippen LogP contribution in [0.4, 0.5) is 11.4 Å². The van der Waals surface area contributed by atoms with Crippen molar-refractivity contribution in [1.82, 2.24) is 15.5 Å². The molecule has 338 valence electrons. The SMILES string of the molecule is CN(C)CCCNC(=S)NCCC[N+]1=C(/C=C/C2=C(Oc3ccccc3)C(=C/C=C3/N(CCCCOS(=O)O)c4ccccc4C3(C)C)/CCC2)C(C)(C)c2c1ccc1ccccc21. The van der Waals surface area contributed by atoms with Crippen LogP contribution in [-0.2, 0) is 26.4 Å². The third-order valence-electron chi connectivity index (χ3n) is 12.7. The molecular formula is C53H66N5O4S2+. The molecule has 2 heterocycles. The lowest BCUT2D eigenvalue weighted by molar-refractivity contribution is -0.437. The Bertz CT molecular complexity index is 2490. The van der Waals surface area contributed by atoms with Gasteiger partial charge in [0.25, 0.3) is 0 Å². The van der Waals surface area contributed by atoms with Crippen molar-refractivity contribution in [1.29, 1.82) is 0 Å². The summed E-state index contributed by atoms with van der Waals surface area (Å²) in [6.45, 7) is 13.8. The second-order valence-corrected chi connectivity index (χ2v) is 19.4. The summed E-state index contributed by atoms with van der Waals surface area (Å²) in [4.78, 5) is 4.60. The fraction of sp³-hybridized carbons (Fsp3) is 0.396. The first-order valence-electron chi connectivity index (χ1n) is 22.9. The molecule has 4 aromatic carbocycles. The Labute approximate surface area is 389 Å². The van der Waals surface area contributed by atoms with E-state index in [0.717, 1.165) is 82.8 Å². The molecule has 0 spiro atoms. The molecule has 4 aromatic rings. The van der Waals surface area contributed by atoms with Gasteiger partial charge in [-0.25, -0.2) is 0 Å². The quantitative estimate of drug-likeness (QED) is 0.0368. The van der Waals surface area contributed by atoms with Gasteiger partial charge >= 0.3 is 11.4 Å². The highest BCUT2D eigenvalue weighted by Gasteiger charge is 2.45. The number of ether oxygens (including phenoxy) is 1. The predicted molar refractivity (Wildman–Crippen MR) is 269 cm³/mol. The summed E-state index contributed by atoms with van der Waals surface area (Å²) in [5, 5.41) is 10.1. The maximum atomic E-state index is 11.1. The molecule has 0 saturated heterocycles. The van der Waals surface area contributed by atoms with Crippen LogP contribution in [0.2, 0.25) is 0 Å². The molecular weight excluding hydrogens is 835 g/mol. The molecule has 1 unspecified atom stereocenters. The fourth-order valence-corrected chi connectivity index (χ4v) is 10.0. The van der Waals surface area contributed by atoms with Crippen molar-refractivity contribution in [2.24, 2.45) is 0 Å². The van der Waals surface area contributed by atoms with Gasteiger partial charge in [-0.15, -0.1) is 0 Å². The molecule has 0 radical (unpaired) electrons. The minimum absolute atomic E-state index is 0.228. The van der Waals surface area contributed by atoms with E-state index in [-0.39, 0.29) is 17.4 Å². The molecule has 11 heteroatoms. The lowest BCUT2D eigenvalue weighted by Crippen LogP contribution is -2.37. The van der Waals surface area contributed by atoms with Gasteiger partial charge < -0.3 is 25.2 Å². The second kappa shape index (κ2) is 21.4. The Balaban J connectivity index is 1.22. The van der Waals surface area contributed by atoms with Crippen molar-refractivity contribution in [3.8, 4) is 5.75 Å². The number of allylic oxidation sites excluding steroid dienone is 7. The van der Waals surface area contributed by atoms with Crippen LogP contribution >= 0.6 is 12.2 Å². The molecule has 9 nitrogen and oxygen atoms in total. The van der Waals surface area contributed by atoms with Crippen molar-refractivity contribution in [2.45, 2.75) is 83.5 Å². The summed E-state index contributed by atoms with van der Waals surface area (Å²) in [7, 11) is 4.19. The average molecular weight is 901 g/mol. The number of para-hydroxylation sites is 2. The monoisotopic (exact) mass is 900 g/mol. The normalized spacial score (nSPS) is 18.4. The van der Waals surface area contributed by atoms with Gasteiger partial charge in [0.05, 0.1) is 12.0 Å². The second-order valence-electron chi connectivity index (χ2n) is 18.3. The Kier molecular flexibility index (Phi) is 15.7. The highest BCUT2D eigenvalue weighted by atomic mass is 32.2. The van der Waals surface area contributed by atoms with Gasteiger partial charge in [-0.05, 0) is 149 Å². The Morgan fingerprint density at radius 2 is 1.59 bits per heavy atom. The number of unbranched alkanes of at least 4 members (excludes halogenated alkanes) is 1. The molecule has 1 atom stereocenters. The van der Waals surface area contributed by atoms with E-state index in [0.29, 0.717) is 11.5 Å². The number of nitrogens with zero attached hydrogens (tertiary/aromatic N) is 3. The van der Waals surface area contributed by atoms with Gasteiger partial charge in [-0.1, -0.05) is 80.6 Å². The average Bonchev–Trinajstić information content (AvgIpc) is 3.63. The first-order valence-corrected chi connectivity index (χ1v) is 24.3. The summed E-state index contributed by atoms with van der Waals surface area (Å²) in [5.41, 5.74) is 9.48. The number of hydrogen-bond acceptors (Lipinski definition) is 6. The van der Waals surface area contributed by atoms with E-state index < -0.39 is 11.4 Å². The van der Waals surface area contributed by atoms with E-state index in [4.69, 9.17) is 25.7 Å². The third kappa shape index (κ3) is 10.9. The zero-order chi connectivity index (χ0) is 45.3. The molecule has 1 aliphatic carbocycles. The molecule has 0 bridgehead atoms. The number of anilines is 1. The number of benzene rings is 4. The van der Waals surface area contributed by atoms with Crippen molar-refractivity contribution < 1.29 is 22.3 Å². The summed E-state index contributed by atoms with van der Waals surface area (Å²) in [6, 6.07) is 32.1. The van der Waals surface area contributed by atoms with Crippen molar-refractivity contribution in [3.63, 3.8) is 0 Å². The van der Waals surface area contributed by atoms with Crippen molar-refractivity contribution >= 4 is 56.6 Å². The van der Waals surface area contributed by atoms with Gasteiger partial charge in [0.15, 0.2) is 17.4 Å². The van der Waals surface area contributed by atoms with Crippen LogP contribution < -0.4 is 20.3 Å². The van der Waals surface area contributed by atoms with E-state index in [9.17, 15) is 4.21 Å². The smallest absolute Gasteiger partial charge is 0.301 e. The van der Waals surface area contributed by atoms with Crippen LogP contribution in [0.5, 0.6) is 5.75 Å². The summed E-state index contributed by atoms with van der Waals surface area (Å²) in [6.07, 6.45) is 15.5. The van der Waals surface area contributed by atoms with Gasteiger partial charge in [0.1, 0.15) is 11.5 Å². The van der Waals surface area contributed by atoms with Gasteiger partial charge in [-0.2, -0.15) is 8.78 Å². The third-order valence-corrected chi connectivity index (χ3v) is 13.4. The van der Waals surface area contributed by atoms with Gasteiger partial charge in [-0.3, -0.25) is 8.74 Å². The number of nitrogens with one attached hydrogen (secondary N) is 2. The first-order chi connectivity index (χ1) is 30.9. The van der Waals surface area contributed by atoms with Crippen molar-refractivity contribution in [2.75, 3.05) is 58.3 Å². The zero-order valence-electron chi connectivity index (χ0n) is 38.5. The Morgan fingerprint density at radius 3 is 2.38 bits per heavy atom.